The average molecular weight is 413 g/mol. The molecule has 1 amide bonds. The lowest BCUT2D eigenvalue weighted by Gasteiger charge is -2.29. The average Bonchev–Trinajstić information content (AvgIpc) is 2.71. The molecule has 29 heavy (non-hydrogen) atoms. The molecule has 1 heterocycles. The van der Waals surface area contributed by atoms with Crippen molar-refractivity contribution in [3.8, 4) is 11.8 Å². The number of aromatic nitrogens is 2. The number of ether oxygens (including phenoxy) is 1. The number of carbonyl (C=O) groups is 1. The molecule has 0 spiro atoms. The second-order valence-corrected chi connectivity index (χ2v) is 7.18. The van der Waals surface area contributed by atoms with Gasteiger partial charge in [0.05, 0.1) is 28.6 Å². The third-order valence-corrected chi connectivity index (χ3v) is 4.70. The fourth-order valence-corrected chi connectivity index (χ4v) is 3.16. The standard InChI is InChI=1S/C19H19ClN4O2.C3H6/c1-12-10-23-18(11-22-12)19(25)24-14-3-6-15(7-4-14)26-16-5-2-13(9-21)17(20)8-16;1-3-2/h2,5,8,10-11,14-15H,3-4,6-7H2,1H3,(H,24,25);3H,1H2,2H3. The summed E-state index contributed by atoms with van der Waals surface area (Å²) in [7, 11) is 0. The van der Waals surface area contributed by atoms with Gasteiger partial charge in [0.25, 0.3) is 5.91 Å². The third-order valence-electron chi connectivity index (χ3n) is 4.39. The SMILES string of the molecule is C=CC.Cc1cnc(C(=O)NC2CCC(Oc3ccc(C#N)c(Cl)c3)CC2)cn1. The molecule has 0 atom stereocenters. The minimum atomic E-state index is -0.194. The molecule has 0 aliphatic heterocycles. The van der Waals surface area contributed by atoms with Gasteiger partial charge in [0.2, 0.25) is 0 Å². The first kappa shape index (κ1) is 22.4. The predicted octanol–water partition coefficient (Wildman–Crippen LogP) is 4.62. The molecule has 0 radical (unpaired) electrons. The van der Waals surface area contributed by atoms with Gasteiger partial charge in [-0.05, 0) is 51.7 Å². The monoisotopic (exact) mass is 412 g/mol. The van der Waals surface area contributed by atoms with Crippen LogP contribution in [-0.4, -0.2) is 28.0 Å². The summed E-state index contributed by atoms with van der Waals surface area (Å²) in [6.45, 7) is 7.08. The van der Waals surface area contributed by atoms with Crippen molar-refractivity contribution in [1.29, 1.82) is 5.26 Å². The Hall–Kier alpha value is -2.91. The molecule has 1 aromatic heterocycles. The van der Waals surface area contributed by atoms with Crippen LogP contribution in [0.5, 0.6) is 5.75 Å². The van der Waals surface area contributed by atoms with Crippen LogP contribution in [0.3, 0.4) is 0 Å². The summed E-state index contributed by atoms with van der Waals surface area (Å²) < 4.78 is 5.96. The van der Waals surface area contributed by atoms with Gasteiger partial charge in [0.1, 0.15) is 17.5 Å². The van der Waals surface area contributed by atoms with E-state index in [0.717, 1.165) is 31.4 Å². The third kappa shape index (κ3) is 6.88. The maximum atomic E-state index is 12.2. The number of allylic oxidation sites excluding steroid dienone is 1. The van der Waals surface area contributed by atoms with Gasteiger partial charge in [0.15, 0.2) is 0 Å². The summed E-state index contributed by atoms with van der Waals surface area (Å²) in [5.41, 5.74) is 1.55. The minimum absolute atomic E-state index is 0.0753. The van der Waals surface area contributed by atoms with Crippen LogP contribution >= 0.6 is 11.6 Å². The highest BCUT2D eigenvalue weighted by molar-refractivity contribution is 6.31. The quantitative estimate of drug-likeness (QED) is 0.740. The highest BCUT2D eigenvalue weighted by atomic mass is 35.5. The van der Waals surface area contributed by atoms with Crippen molar-refractivity contribution in [1.82, 2.24) is 15.3 Å². The van der Waals surface area contributed by atoms with Gasteiger partial charge in [-0.1, -0.05) is 17.7 Å². The second-order valence-electron chi connectivity index (χ2n) is 6.77. The molecule has 152 valence electrons. The molecule has 0 bridgehead atoms. The van der Waals surface area contributed by atoms with Crippen molar-refractivity contribution in [2.75, 3.05) is 0 Å². The second kappa shape index (κ2) is 11.2. The van der Waals surface area contributed by atoms with Gasteiger partial charge >= 0.3 is 0 Å². The van der Waals surface area contributed by atoms with Crippen LogP contribution in [0.4, 0.5) is 0 Å². The van der Waals surface area contributed by atoms with E-state index in [2.05, 4.69) is 21.9 Å². The van der Waals surface area contributed by atoms with Crippen molar-refractivity contribution in [2.45, 2.75) is 51.7 Å². The molecule has 1 aliphatic rings. The fourth-order valence-electron chi connectivity index (χ4n) is 2.95. The lowest BCUT2D eigenvalue weighted by atomic mass is 9.93. The van der Waals surface area contributed by atoms with Crippen molar-refractivity contribution in [2.24, 2.45) is 0 Å². The van der Waals surface area contributed by atoms with Crippen LogP contribution in [-0.2, 0) is 0 Å². The lowest BCUT2D eigenvalue weighted by Crippen LogP contribution is -2.40. The molecular weight excluding hydrogens is 388 g/mol. The largest absolute Gasteiger partial charge is 0.490 e. The van der Waals surface area contributed by atoms with Crippen LogP contribution in [0.1, 0.15) is 54.4 Å². The van der Waals surface area contributed by atoms with E-state index < -0.39 is 0 Å². The smallest absolute Gasteiger partial charge is 0.271 e. The van der Waals surface area contributed by atoms with E-state index in [1.807, 2.05) is 19.9 Å². The summed E-state index contributed by atoms with van der Waals surface area (Å²) in [5, 5.41) is 12.3. The zero-order chi connectivity index (χ0) is 21.2. The molecule has 1 fully saturated rings. The van der Waals surface area contributed by atoms with E-state index in [4.69, 9.17) is 21.6 Å². The van der Waals surface area contributed by atoms with Crippen LogP contribution in [0.25, 0.3) is 0 Å². The van der Waals surface area contributed by atoms with Crippen LogP contribution in [0.2, 0.25) is 5.02 Å². The van der Waals surface area contributed by atoms with Crippen molar-refractivity contribution in [3.05, 3.63) is 65.2 Å². The van der Waals surface area contributed by atoms with E-state index in [1.54, 1.807) is 30.5 Å². The number of nitriles is 1. The molecule has 0 saturated heterocycles. The molecule has 3 rings (SSSR count). The highest BCUT2D eigenvalue weighted by Crippen LogP contribution is 2.27. The molecule has 1 saturated carbocycles. The molecule has 1 N–H and O–H groups in total. The topological polar surface area (TPSA) is 87.9 Å². The van der Waals surface area contributed by atoms with Gasteiger partial charge in [-0.15, -0.1) is 6.58 Å². The number of hydrogen-bond acceptors (Lipinski definition) is 5. The summed E-state index contributed by atoms with van der Waals surface area (Å²) in [6, 6.07) is 7.22. The van der Waals surface area contributed by atoms with E-state index in [-0.39, 0.29) is 18.1 Å². The number of halogens is 1. The zero-order valence-corrected chi connectivity index (χ0v) is 17.4. The molecular formula is C22H25ClN4O2. The van der Waals surface area contributed by atoms with E-state index in [1.165, 1.54) is 6.20 Å². The number of rotatable bonds is 4. The Morgan fingerprint density at radius 3 is 2.55 bits per heavy atom. The molecule has 0 unspecified atom stereocenters. The molecule has 1 aliphatic carbocycles. The van der Waals surface area contributed by atoms with E-state index in [0.29, 0.717) is 22.0 Å². The van der Waals surface area contributed by atoms with Gasteiger partial charge in [-0.3, -0.25) is 9.78 Å². The summed E-state index contributed by atoms with van der Waals surface area (Å²) in [6.07, 6.45) is 8.24. The van der Waals surface area contributed by atoms with Crippen molar-refractivity contribution < 1.29 is 9.53 Å². The number of nitrogens with one attached hydrogen (secondary N) is 1. The number of benzene rings is 1. The van der Waals surface area contributed by atoms with Crippen LogP contribution < -0.4 is 10.1 Å². The maximum absolute atomic E-state index is 12.2. The highest BCUT2D eigenvalue weighted by Gasteiger charge is 2.24. The van der Waals surface area contributed by atoms with E-state index in [9.17, 15) is 4.79 Å². The summed E-state index contributed by atoms with van der Waals surface area (Å²) in [5.74, 6) is 0.470. The first-order chi connectivity index (χ1) is 14.0. The predicted molar refractivity (Wildman–Crippen MR) is 113 cm³/mol. The Morgan fingerprint density at radius 2 is 2.00 bits per heavy atom. The molecule has 6 nitrogen and oxygen atoms in total. The summed E-state index contributed by atoms with van der Waals surface area (Å²) in [4.78, 5) is 20.4. The maximum Gasteiger partial charge on any atom is 0.271 e. The first-order valence-electron chi connectivity index (χ1n) is 9.49. The Kier molecular flexibility index (Phi) is 8.63. The molecule has 2 aromatic rings. The van der Waals surface area contributed by atoms with Crippen molar-refractivity contribution in [3.63, 3.8) is 0 Å². The van der Waals surface area contributed by atoms with Crippen LogP contribution in [0, 0.1) is 18.3 Å². The molecule has 1 aromatic carbocycles. The first-order valence-corrected chi connectivity index (χ1v) is 9.87. The number of amides is 1. The Bertz CT molecular complexity index is 869. The fraction of sp³-hybridized carbons (Fsp3) is 0.364. The van der Waals surface area contributed by atoms with Gasteiger partial charge in [-0.2, -0.15) is 5.26 Å². The Labute approximate surface area is 176 Å². The Balaban J connectivity index is 0.000000941. The Morgan fingerprint density at radius 1 is 1.31 bits per heavy atom. The van der Waals surface area contributed by atoms with E-state index >= 15 is 0 Å². The summed E-state index contributed by atoms with van der Waals surface area (Å²) >= 11 is 6.03. The number of nitrogens with zero attached hydrogens (tertiary/aromatic N) is 3. The van der Waals surface area contributed by atoms with Gasteiger partial charge in [-0.25, -0.2) is 4.98 Å². The van der Waals surface area contributed by atoms with Gasteiger partial charge in [0, 0.05) is 18.3 Å². The normalized spacial score (nSPS) is 17.9. The molecule has 7 heteroatoms. The minimum Gasteiger partial charge on any atom is -0.490 e. The number of carbonyl (C=O) groups excluding carboxylic acids is 1. The van der Waals surface area contributed by atoms with Gasteiger partial charge < -0.3 is 10.1 Å². The zero-order valence-electron chi connectivity index (χ0n) is 16.7. The van der Waals surface area contributed by atoms with Crippen LogP contribution in [0.15, 0.2) is 43.2 Å². The number of aryl methyl sites for hydroxylation is 1. The number of hydrogen-bond donors (Lipinski definition) is 1. The van der Waals surface area contributed by atoms with Crippen molar-refractivity contribution >= 4 is 17.5 Å². The lowest BCUT2D eigenvalue weighted by molar-refractivity contribution is 0.0888.